The predicted octanol–water partition coefficient (Wildman–Crippen LogP) is 2.26. The van der Waals surface area contributed by atoms with Crippen LogP contribution in [0.25, 0.3) is 0 Å². The molecule has 4 rings (SSSR count). The molecule has 1 aliphatic carbocycles. The number of rotatable bonds is 4. The van der Waals surface area contributed by atoms with Crippen LogP contribution in [0.5, 0.6) is 11.5 Å². The minimum Gasteiger partial charge on any atom is -0.497 e. The zero-order valence-corrected chi connectivity index (χ0v) is 18.9. The SMILES string of the molecule is COc1ccc2c(c1)C(=O)NCC1(CCC(=O)N(CC(=O)NC3CCC(C)CC3)CC1)O2. The summed E-state index contributed by atoms with van der Waals surface area (Å²) in [5.74, 6) is 1.43. The number of benzene rings is 1. The van der Waals surface area contributed by atoms with Crippen LogP contribution in [0.1, 0.15) is 62.2 Å². The van der Waals surface area contributed by atoms with Gasteiger partial charge in [0.05, 0.1) is 25.8 Å². The van der Waals surface area contributed by atoms with Crippen molar-refractivity contribution in [1.29, 1.82) is 0 Å². The quantitative estimate of drug-likeness (QED) is 0.744. The highest BCUT2D eigenvalue weighted by Gasteiger charge is 2.40. The van der Waals surface area contributed by atoms with Gasteiger partial charge >= 0.3 is 0 Å². The van der Waals surface area contributed by atoms with E-state index >= 15 is 0 Å². The van der Waals surface area contributed by atoms with E-state index in [1.54, 1.807) is 30.2 Å². The predicted molar refractivity (Wildman–Crippen MR) is 119 cm³/mol. The Morgan fingerprint density at radius 2 is 2.03 bits per heavy atom. The second-order valence-electron chi connectivity index (χ2n) is 9.42. The van der Waals surface area contributed by atoms with Crippen molar-refractivity contribution >= 4 is 17.7 Å². The topological polar surface area (TPSA) is 97.0 Å². The highest BCUT2D eigenvalue weighted by Crippen LogP contribution is 2.35. The Morgan fingerprint density at radius 1 is 1.25 bits per heavy atom. The Labute approximate surface area is 189 Å². The molecule has 2 heterocycles. The fourth-order valence-electron chi connectivity index (χ4n) is 4.89. The van der Waals surface area contributed by atoms with Crippen molar-refractivity contribution in [3.63, 3.8) is 0 Å². The summed E-state index contributed by atoms with van der Waals surface area (Å²) in [4.78, 5) is 39.6. The lowest BCUT2D eigenvalue weighted by atomic mass is 9.87. The van der Waals surface area contributed by atoms with Gasteiger partial charge in [0.25, 0.3) is 5.91 Å². The molecule has 32 heavy (non-hydrogen) atoms. The van der Waals surface area contributed by atoms with Crippen LogP contribution in [0.3, 0.4) is 0 Å². The van der Waals surface area contributed by atoms with Crippen LogP contribution < -0.4 is 20.1 Å². The van der Waals surface area contributed by atoms with E-state index < -0.39 is 5.60 Å². The molecular formula is C24H33N3O5. The van der Waals surface area contributed by atoms with E-state index in [0.717, 1.165) is 31.6 Å². The molecule has 1 saturated heterocycles. The molecule has 3 aliphatic rings. The normalized spacial score (nSPS) is 28.1. The number of likely N-dealkylation sites (tertiary alicyclic amines) is 1. The van der Waals surface area contributed by atoms with E-state index in [1.165, 1.54) is 0 Å². The van der Waals surface area contributed by atoms with Crippen molar-refractivity contribution in [2.45, 2.75) is 63.5 Å². The summed E-state index contributed by atoms with van der Waals surface area (Å²) in [6.07, 6.45) is 5.56. The lowest BCUT2D eigenvalue weighted by molar-refractivity contribution is -0.135. The molecule has 3 amide bonds. The van der Waals surface area contributed by atoms with Crippen molar-refractivity contribution in [3.05, 3.63) is 23.8 Å². The number of amides is 3. The smallest absolute Gasteiger partial charge is 0.255 e. The maximum atomic E-state index is 12.8. The van der Waals surface area contributed by atoms with Crippen LogP contribution in [0.4, 0.5) is 0 Å². The first-order chi connectivity index (χ1) is 15.4. The zero-order valence-electron chi connectivity index (χ0n) is 18.9. The average Bonchev–Trinajstić information content (AvgIpc) is 3.02. The zero-order chi connectivity index (χ0) is 22.7. The molecule has 1 spiro atoms. The minimum atomic E-state index is -0.685. The second kappa shape index (κ2) is 9.38. The summed E-state index contributed by atoms with van der Waals surface area (Å²) in [7, 11) is 1.55. The van der Waals surface area contributed by atoms with Gasteiger partial charge in [-0.05, 0) is 56.2 Å². The number of hydrogen-bond acceptors (Lipinski definition) is 5. The van der Waals surface area contributed by atoms with Gasteiger partial charge in [-0.15, -0.1) is 0 Å². The van der Waals surface area contributed by atoms with Gasteiger partial charge in [0.15, 0.2) is 0 Å². The van der Waals surface area contributed by atoms with E-state index in [4.69, 9.17) is 9.47 Å². The first kappa shape index (κ1) is 22.4. The molecule has 1 saturated carbocycles. The molecule has 8 heteroatoms. The van der Waals surface area contributed by atoms with Crippen LogP contribution in [0, 0.1) is 5.92 Å². The van der Waals surface area contributed by atoms with Gasteiger partial charge in [-0.2, -0.15) is 0 Å². The highest BCUT2D eigenvalue weighted by atomic mass is 16.5. The molecule has 0 bridgehead atoms. The van der Waals surface area contributed by atoms with Gasteiger partial charge in [-0.25, -0.2) is 0 Å². The van der Waals surface area contributed by atoms with Crippen LogP contribution in [-0.2, 0) is 9.59 Å². The summed E-state index contributed by atoms with van der Waals surface area (Å²) in [6.45, 7) is 3.05. The largest absolute Gasteiger partial charge is 0.497 e. The Hall–Kier alpha value is -2.77. The van der Waals surface area contributed by atoms with E-state index in [-0.39, 0.29) is 36.7 Å². The van der Waals surface area contributed by atoms with Crippen molar-refractivity contribution in [2.75, 3.05) is 26.7 Å². The summed E-state index contributed by atoms with van der Waals surface area (Å²) < 4.78 is 11.6. The van der Waals surface area contributed by atoms with E-state index in [1.807, 2.05) is 0 Å². The fraction of sp³-hybridized carbons (Fsp3) is 0.625. The number of fused-ring (bicyclic) bond motifs is 1. The van der Waals surface area contributed by atoms with Crippen LogP contribution in [0.15, 0.2) is 18.2 Å². The van der Waals surface area contributed by atoms with Crippen LogP contribution in [0.2, 0.25) is 0 Å². The Bertz CT molecular complexity index is 880. The van der Waals surface area contributed by atoms with Crippen molar-refractivity contribution < 1.29 is 23.9 Å². The van der Waals surface area contributed by atoms with Crippen LogP contribution >= 0.6 is 0 Å². The van der Waals surface area contributed by atoms with Crippen molar-refractivity contribution in [2.24, 2.45) is 5.92 Å². The fourth-order valence-corrected chi connectivity index (χ4v) is 4.89. The number of carbonyl (C=O) groups excluding carboxylic acids is 3. The Morgan fingerprint density at radius 3 is 2.78 bits per heavy atom. The van der Waals surface area contributed by atoms with Crippen molar-refractivity contribution in [3.8, 4) is 11.5 Å². The molecule has 2 aliphatic heterocycles. The highest BCUT2D eigenvalue weighted by molar-refractivity contribution is 5.97. The third-order valence-corrected chi connectivity index (χ3v) is 7.03. The van der Waals surface area contributed by atoms with E-state index in [9.17, 15) is 14.4 Å². The van der Waals surface area contributed by atoms with Gasteiger partial charge in [-0.1, -0.05) is 6.92 Å². The van der Waals surface area contributed by atoms with E-state index in [0.29, 0.717) is 43.0 Å². The second-order valence-corrected chi connectivity index (χ2v) is 9.42. The summed E-state index contributed by atoms with van der Waals surface area (Å²) in [5.41, 5.74) is -0.259. The van der Waals surface area contributed by atoms with Crippen LogP contribution in [-0.4, -0.2) is 61.0 Å². The molecule has 1 atom stereocenters. The number of hydrogen-bond donors (Lipinski definition) is 2. The molecule has 1 unspecified atom stereocenters. The standard InChI is InChI=1S/C24H33N3O5/c1-16-3-5-17(6-4-16)26-21(28)14-27-12-11-24(10-9-22(27)29)15-25-23(30)19-13-18(31-2)7-8-20(19)32-24/h7-8,13,16-17H,3-6,9-12,14-15H2,1-2H3,(H,25,30)(H,26,28). The Balaban J connectivity index is 1.40. The third-order valence-electron chi connectivity index (χ3n) is 7.03. The molecule has 174 valence electrons. The third kappa shape index (κ3) is 5.00. The number of ether oxygens (including phenoxy) is 2. The summed E-state index contributed by atoms with van der Waals surface area (Å²) >= 11 is 0. The average molecular weight is 444 g/mol. The molecule has 0 aromatic heterocycles. The minimum absolute atomic E-state index is 0.0524. The lowest BCUT2D eigenvalue weighted by Crippen LogP contribution is -2.47. The van der Waals surface area contributed by atoms with Gasteiger partial charge in [-0.3, -0.25) is 14.4 Å². The van der Waals surface area contributed by atoms with Gasteiger partial charge in [0.1, 0.15) is 17.1 Å². The molecule has 8 nitrogen and oxygen atoms in total. The van der Waals surface area contributed by atoms with E-state index in [2.05, 4.69) is 17.6 Å². The summed E-state index contributed by atoms with van der Waals surface area (Å²) in [6, 6.07) is 5.37. The number of nitrogens with zero attached hydrogens (tertiary/aromatic N) is 1. The summed E-state index contributed by atoms with van der Waals surface area (Å²) in [5, 5.41) is 6.05. The molecule has 0 radical (unpaired) electrons. The maximum absolute atomic E-state index is 12.8. The lowest BCUT2D eigenvalue weighted by Gasteiger charge is -2.32. The van der Waals surface area contributed by atoms with Crippen molar-refractivity contribution in [1.82, 2.24) is 15.5 Å². The van der Waals surface area contributed by atoms with Gasteiger partial charge in [0, 0.05) is 25.4 Å². The van der Waals surface area contributed by atoms with Gasteiger partial charge in [0.2, 0.25) is 11.8 Å². The molecule has 1 aromatic rings. The number of carbonyl (C=O) groups is 3. The number of methoxy groups -OCH3 is 1. The van der Waals surface area contributed by atoms with Gasteiger partial charge < -0.3 is 25.0 Å². The maximum Gasteiger partial charge on any atom is 0.255 e. The molecule has 2 fully saturated rings. The molecule has 1 aromatic carbocycles. The first-order valence-electron chi connectivity index (χ1n) is 11.6. The Kier molecular flexibility index (Phi) is 6.58. The monoisotopic (exact) mass is 443 g/mol. The molecular weight excluding hydrogens is 410 g/mol. The molecule has 2 N–H and O–H groups in total. The number of nitrogens with one attached hydrogen (secondary N) is 2. The first-order valence-corrected chi connectivity index (χ1v) is 11.6.